The van der Waals surface area contributed by atoms with Gasteiger partial charge in [0, 0.05) is 36.9 Å². The highest BCUT2D eigenvalue weighted by Crippen LogP contribution is 2.31. The molecule has 0 spiro atoms. The monoisotopic (exact) mass is 297 g/mol. The molecule has 3 rings (SSSR count). The Labute approximate surface area is 127 Å². The highest BCUT2D eigenvalue weighted by Gasteiger charge is 2.13. The fourth-order valence-electron chi connectivity index (χ4n) is 2.06. The molecule has 0 atom stereocenters. The molecule has 0 radical (unpaired) electrons. The Morgan fingerprint density at radius 1 is 1.14 bits per heavy atom. The molecule has 6 heteroatoms. The minimum atomic E-state index is 0.718. The molecule has 3 heterocycles. The standard InChI is InChI=1S/C15H15N5S/c1-10-14(11(2)20(3)19-10)21-15-17-8-6-13(18-15)12-5-4-7-16-9-12/h4-9H,1-3H3. The molecule has 0 aromatic carbocycles. The maximum Gasteiger partial charge on any atom is 0.193 e. The minimum absolute atomic E-state index is 0.718. The Bertz CT molecular complexity index is 767. The van der Waals surface area contributed by atoms with Crippen molar-refractivity contribution >= 4 is 11.8 Å². The van der Waals surface area contributed by atoms with Gasteiger partial charge in [0.1, 0.15) is 0 Å². The Balaban J connectivity index is 1.94. The van der Waals surface area contributed by atoms with Crippen molar-refractivity contribution < 1.29 is 0 Å². The molecule has 5 nitrogen and oxygen atoms in total. The number of rotatable bonds is 3. The molecule has 0 N–H and O–H groups in total. The lowest BCUT2D eigenvalue weighted by Crippen LogP contribution is -1.93. The van der Waals surface area contributed by atoms with Gasteiger partial charge < -0.3 is 0 Å². The van der Waals surface area contributed by atoms with Gasteiger partial charge in [-0.25, -0.2) is 9.97 Å². The van der Waals surface area contributed by atoms with E-state index in [1.807, 2.05) is 43.8 Å². The molecule has 0 aliphatic rings. The molecule has 21 heavy (non-hydrogen) atoms. The van der Waals surface area contributed by atoms with E-state index in [0.29, 0.717) is 0 Å². The molecular weight excluding hydrogens is 282 g/mol. The molecule has 0 saturated heterocycles. The summed E-state index contributed by atoms with van der Waals surface area (Å²) in [5, 5.41) is 5.14. The van der Waals surface area contributed by atoms with E-state index in [1.54, 1.807) is 30.4 Å². The van der Waals surface area contributed by atoms with Gasteiger partial charge in [0.2, 0.25) is 0 Å². The lowest BCUT2D eigenvalue weighted by Gasteiger charge is -2.04. The van der Waals surface area contributed by atoms with Gasteiger partial charge in [-0.2, -0.15) is 5.10 Å². The third-order valence-electron chi connectivity index (χ3n) is 3.23. The quantitative estimate of drug-likeness (QED) is 0.695. The largest absolute Gasteiger partial charge is 0.272 e. The van der Waals surface area contributed by atoms with Crippen LogP contribution >= 0.6 is 11.8 Å². The van der Waals surface area contributed by atoms with E-state index in [0.717, 1.165) is 32.7 Å². The van der Waals surface area contributed by atoms with E-state index in [4.69, 9.17) is 0 Å². The first-order valence-corrected chi connectivity index (χ1v) is 7.38. The summed E-state index contributed by atoms with van der Waals surface area (Å²) in [5.74, 6) is 0. The van der Waals surface area contributed by atoms with Gasteiger partial charge >= 0.3 is 0 Å². The van der Waals surface area contributed by atoms with Crippen LogP contribution in [0.3, 0.4) is 0 Å². The number of pyridine rings is 1. The van der Waals surface area contributed by atoms with Gasteiger partial charge in [-0.1, -0.05) is 0 Å². The van der Waals surface area contributed by atoms with Crippen LogP contribution in [0.15, 0.2) is 46.8 Å². The van der Waals surface area contributed by atoms with Gasteiger partial charge in [-0.05, 0) is 43.8 Å². The first-order valence-electron chi connectivity index (χ1n) is 6.56. The Morgan fingerprint density at radius 2 is 2.00 bits per heavy atom. The second-order valence-corrected chi connectivity index (χ2v) is 5.67. The minimum Gasteiger partial charge on any atom is -0.272 e. The van der Waals surface area contributed by atoms with Crippen LogP contribution in [0, 0.1) is 13.8 Å². The van der Waals surface area contributed by atoms with Gasteiger partial charge in [-0.3, -0.25) is 9.67 Å². The van der Waals surface area contributed by atoms with Crippen molar-refractivity contribution in [1.82, 2.24) is 24.7 Å². The van der Waals surface area contributed by atoms with E-state index in [-0.39, 0.29) is 0 Å². The first-order chi connectivity index (χ1) is 10.1. The summed E-state index contributed by atoms with van der Waals surface area (Å²) in [6.45, 7) is 4.05. The number of hydrogen-bond acceptors (Lipinski definition) is 5. The van der Waals surface area contributed by atoms with Crippen molar-refractivity contribution in [3.8, 4) is 11.3 Å². The number of aromatic nitrogens is 5. The predicted molar refractivity (Wildman–Crippen MR) is 82.1 cm³/mol. The third-order valence-corrected chi connectivity index (χ3v) is 4.40. The van der Waals surface area contributed by atoms with Crippen LogP contribution in [0.2, 0.25) is 0 Å². The Morgan fingerprint density at radius 3 is 2.67 bits per heavy atom. The highest BCUT2D eigenvalue weighted by atomic mass is 32.2. The molecule has 0 fully saturated rings. The summed E-state index contributed by atoms with van der Waals surface area (Å²) in [6, 6.07) is 5.79. The van der Waals surface area contributed by atoms with Crippen molar-refractivity contribution in [2.45, 2.75) is 23.9 Å². The molecule has 0 aliphatic carbocycles. The molecule has 3 aromatic rings. The van der Waals surface area contributed by atoms with Gasteiger partial charge in [0.15, 0.2) is 5.16 Å². The average Bonchev–Trinajstić information content (AvgIpc) is 2.75. The number of aryl methyl sites for hydroxylation is 2. The van der Waals surface area contributed by atoms with Crippen LogP contribution in [0.25, 0.3) is 11.3 Å². The molecular formula is C15H15N5S. The Hall–Kier alpha value is -2.21. The van der Waals surface area contributed by atoms with E-state index in [1.165, 1.54) is 0 Å². The van der Waals surface area contributed by atoms with Crippen LogP contribution in [0.4, 0.5) is 0 Å². The second-order valence-electron chi connectivity index (χ2n) is 4.69. The fourth-order valence-corrected chi connectivity index (χ4v) is 2.97. The SMILES string of the molecule is Cc1nn(C)c(C)c1Sc1nccc(-c2cccnc2)n1. The van der Waals surface area contributed by atoms with Crippen molar-refractivity contribution in [1.29, 1.82) is 0 Å². The molecule has 3 aromatic heterocycles. The highest BCUT2D eigenvalue weighted by molar-refractivity contribution is 7.99. The van der Waals surface area contributed by atoms with Crippen molar-refractivity contribution in [3.05, 3.63) is 48.2 Å². The van der Waals surface area contributed by atoms with Gasteiger partial charge in [0.25, 0.3) is 0 Å². The zero-order valence-electron chi connectivity index (χ0n) is 12.1. The maximum atomic E-state index is 4.60. The third kappa shape index (κ3) is 2.80. The molecule has 0 bridgehead atoms. The number of hydrogen-bond donors (Lipinski definition) is 0. The Kier molecular flexibility index (Phi) is 3.70. The van der Waals surface area contributed by atoms with Crippen molar-refractivity contribution in [2.24, 2.45) is 7.05 Å². The molecule has 0 amide bonds. The average molecular weight is 297 g/mol. The summed E-state index contributed by atoms with van der Waals surface area (Å²) in [5.41, 5.74) is 3.98. The lowest BCUT2D eigenvalue weighted by molar-refractivity contribution is 0.729. The predicted octanol–water partition coefficient (Wildman–Crippen LogP) is 3.04. The van der Waals surface area contributed by atoms with Crippen LogP contribution in [0.1, 0.15) is 11.4 Å². The fraction of sp³-hybridized carbons (Fsp3) is 0.200. The van der Waals surface area contributed by atoms with Crippen molar-refractivity contribution in [2.75, 3.05) is 0 Å². The van der Waals surface area contributed by atoms with E-state index < -0.39 is 0 Å². The molecule has 0 saturated carbocycles. The van der Waals surface area contributed by atoms with E-state index >= 15 is 0 Å². The lowest BCUT2D eigenvalue weighted by atomic mass is 10.2. The molecule has 0 unspecified atom stereocenters. The summed E-state index contributed by atoms with van der Waals surface area (Å²) in [4.78, 5) is 14.2. The van der Waals surface area contributed by atoms with Gasteiger partial charge in [-0.15, -0.1) is 0 Å². The second kappa shape index (κ2) is 5.65. The summed E-state index contributed by atoms with van der Waals surface area (Å²) in [7, 11) is 1.94. The van der Waals surface area contributed by atoms with Gasteiger partial charge in [0.05, 0.1) is 16.3 Å². The van der Waals surface area contributed by atoms with Crippen LogP contribution < -0.4 is 0 Å². The van der Waals surface area contributed by atoms with Crippen LogP contribution in [-0.4, -0.2) is 24.7 Å². The van der Waals surface area contributed by atoms with Crippen LogP contribution in [0.5, 0.6) is 0 Å². The topological polar surface area (TPSA) is 56.5 Å². The zero-order chi connectivity index (χ0) is 14.8. The summed E-state index contributed by atoms with van der Waals surface area (Å²) in [6.07, 6.45) is 5.33. The summed E-state index contributed by atoms with van der Waals surface area (Å²) < 4.78 is 1.88. The molecule has 0 aliphatic heterocycles. The van der Waals surface area contributed by atoms with E-state index in [2.05, 4.69) is 20.1 Å². The molecule has 106 valence electrons. The van der Waals surface area contributed by atoms with Crippen LogP contribution in [-0.2, 0) is 7.05 Å². The normalized spacial score (nSPS) is 10.8. The van der Waals surface area contributed by atoms with Crippen molar-refractivity contribution in [3.63, 3.8) is 0 Å². The smallest absolute Gasteiger partial charge is 0.193 e. The zero-order valence-corrected chi connectivity index (χ0v) is 12.9. The number of nitrogens with zero attached hydrogens (tertiary/aromatic N) is 5. The summed E-state index contributed by atoms with van der Waals surface area (Å²) >= 11 is 1.54. The van der Waals surface area contributed by atoms with E-state index in [9.17, 15) is 0 Å². The first kappa shape index (κ1) is 13.8. The maximum absolute atomic E-state index is 4.60.